The van der Waals surface area contributed by atoms with E-state index < -0.39 is 17.4 Å². The summed E-state index contributed by atoms with van der Waals surface area (Å²) >= 11 is 0. The Bertz CT molecular complexity index is 803. The third-order valence-electron chi connectivity index (χ3n) is 2.42. The monoisotopic (exact) mass is 255 g/mol. The van der Waals surface area contributed by atoms with Crippen molar-refractivity contribution in [1.29, 1.82) is 0 Å². The number of fused-ring (bicyclic) bond motifs is 3. The smallest absolute Gasteiger partial charge is 0.430 e. The minimum atomic E-state index is -4.56. The highest BCUT2D eigenvalue weighted by atomic mass is 19.4. The summed E-state index contributed by atoms with van der Waals surface area (Å²) in [6.07, 6.45) is -3.41. The molecule has 3 heterocycles. The van der Waals surface area contributed by atoms with Crippen LogP contribution in [0.25, 0.3) is 22.2 Å². The molecule has 3 rings (SSSR count). The van der Waals surface area contributed by atoms with E-state index >= 15 is 0 Å². The second-order valence-corrected chi connectivity index (χ2v) is 3.56. The lowest BCUT2D eigenvalue weighted by atomic mass is 10.2. The molecule has 0 aliphatic carbocycles. The van der Waals surface area contributed by atoms with Crippen molar-refractivity contribution < 1.29 is 17.6 Å². The van der Waals surface area contributed by atoms with Gasteiger partial charge in [-0.25, -0.2) is 9.97 Å². The molecular formula is C10H4F3N3O2. The molecule has 0 saturated heterocycles. The number of halogens is 3. The number of hydrogen-bond acceptors (Lipinski definition) is 4. The SMILES string of the molecule is O=c1[nH]cnc2c1oc1nc(C(F)(F)F)ccc12. The first kappa shape index (κ1) is 10.8. The van der Waals surface area contributed by atoms with Crippen molar-refractivity contribution in [3.63, 3.8) is 0 Å². The van der Waals surface area contributed by atoms with Crippen molar-refractivity contribution in [1.82, 2.24) is 15.0 Å². The maximum absolute atomic E-state index is 12.5. The number of furan rings is 1. The van der Waals surface area contributed by atoms with Gasteiger partial charge in [0.1, 0.15) is 11.2 Å². The lowest BCUT2D eigenvalue weighted by Gasteiger charge is -2.03. The molecule has 0 aliphatic heterocycles. The Balaban J connectivity index is 2.40. The molecule has 0 spiro atoms. The lowest BCUT2D eigenvalue weighted by molar-refractivity contribution is -0.141. The van der Waals surface area contributed by atoms with Crippen molar-refractivity contribution in [2.24, 2.45) is 0 Å². The summed E-state index contributed by atoms with van der Waals surface area (Å²) in [7, 11) is 0. The Morgan fingerprint density at radius 1 is 1.28 bits per heavy atom. The van der Waals surface area contributed by atoms with Gasteiger partial charge in [0.2, 0.25) is 11.3 Å². The van der Waals surface area contributed by atoms with E-state index in [9.17, 15) is 18.0 Å². The highest BCUT2D eigenvalue weighted by Gasteiger charge is 2.33. The average molecular weight is 255 g/mol. The number of nitrogens with one attached hydrogen (secondary N) is 1. The van der Waals surface area contributed by atoms with Gasteiger partial charge in [-0.05, 0) is 12.1 Å². The molecule has 0 amide bonds. The van der Waals surface area contributed by atoms with Crippen molar-refractivity contribution in [3.8, 4) is 0 Å². The Morgan fingerprint density at radius 2 is 2.06 bits per heavy atom. The molecule has 3 aromatic heterocycles. The van der Waals surface area contributed by atoms with Gasteiger partial charge in [-0.3, -0.25) is 4.79 Å². The summed E-state index contributed by atoms with van der Waals surface area (Å²) in [6.45, 7) is 0. The number of rotatable bonds is 0. The second kappa shape index (κ2) is 3.31. The van der Waals surface area contributed by atoms with Crippen LogP contribution in [0.15, 0.2) is 27.7 Å². The zero-order valence-corrected chi connectivity index (χ0v) is 8.58. The minimum Gasteiger partial charge on any atom is -0.430 e. The molecule has 8 heteroatoms. The van der Waals surface area contributed by atoms with Gasteiger partial charge < -0.3 is 9.40 Å². The fourth-order valence-electron chi connectivity index (χ4n) is 1.63. The van der Waals surface area contributed by atoms with Crippen LogP contribution in [0.3, 0.4) is 0 Å². The number of aromatic amines is 1. The van der Waals surface area contributed by atoms with Crippen LogP contribution in [0.1, 0.15) is 5.69 Å². The first-order valence-electron chi connectivity index (χ1n) is 4.81. The molecule has 3 aromatic rings. The summed E-state index contributed by atoms with van der Waals surface area (Å²) in [4.78, 5) is 20.9. The lowest BCUT2D eigenvalue weighted by Crippen LogP contribution is -2.07. The first-order valence-corrected chi connectivity index (χ1v) is 4.81. The summed E-state index contributed by atoms with van der Waals surface area (Å²) in [5.74, 6) is 0. The normalized spacial score (nSPS) is 12.4. The number of pyridine rings is 1. The van der Waals surface area contributed by atoms with E-state index in [1.54, 1.807) is 0 Å². The van der Waals surface area contributed by atoms with Crippen molar-refractivity contribution >= 4 is 22.2 Å². The molecule has 0 radical (unpaired) electrons. The largest absolute Gasteiger partial charge is 0.433 e. The molecule has 0 bridgehead atoms. The first-order chi connectivity index (χ1) is 8.47. The Kier molecular flexibility index (Phi) is 1.98. The van der Waals surface area contributed by atoms with Gasteiger partial charge in [0.25, 0.3) is 5.56 Å². The van der Waals surface area contributed by atoms with E-state index in [1.165, 1.54) is 6.07 Å². The molecule has 92 valence electrons. The molecule has 5 nitrogen and oxygen atoms in total. The van der Waals surface area contributed by atoms with Crippen LogP contribution < -0.4 is 5.56 Å². The van der Waals surface area contributed by atoms with Crippen molar-refractivity contribution in [2.75, 3.05) is 0 Å². The number of nitrogens with zero attached hydrogens (tertiary/aromatic N) is 2. The Labute approximate surface area is 96.3 Å². The van der Waals surface area contributed by atoms with E-state index in [1.807, 2.05) is 0 Å². The topological polar surface area (TPSA) is 71.8 Å². The van der Waals surface area contributed by atoms with E-state index in [4.69, 9.17) is 4.42 Å². The van der Waals surface area contributed by atoms with Crippen molar-refractivity contribution in [3.05, 3.63) is 34.5 Å². The average Bonchev–Trinajstić information content (AvgIpc) is 2.67. The molecule has 18 heavy (non-hydrogen) atoms. The van der Waals surface area contributed by atoms with Crippen LogP contribution in [-0.4, -0.2) is 15.0 Å². The van der Waals surface area contributed by atoms with Crippen LogP contribution in [-0.2, 0) is 6.18 Å². The third-order valence-corrected chi connectivity index (χ3v) is 2.42. The summed E-state index contributed by atoms with van der Waals surface area (Å²) in [5, 5.41) is 0.268. The molecule has 0 saturated carbocycles. The second-order valence-electron chi connectivity index (χ2n) is 3.56. The van der Waals surface area contributed by atoms with Gasteiger partial charge in [-0.15, -0.1) is 0 Å². The molecule has 0 aromatic carbocycles. The maximum atomic E-state index is 12.5. The summed E-state index contributed by atoms with van der Waals surface area (Å²) in [6, 6.07) is 2.00. The highest BCUT2D eigenvalue weighted by Crippen LogP contribution is 2.31. The van der Waals surface area contributed by atoms with E-state index in [-0.39, 0.29) is 22.2 Å². The molecular weight excluding hydrogens is 251 g/mol. The molecule has 0 atom stereocenters. The summed E-state index contributed by atoms with van der Waals surface area (Å²) < 4.78 is 42.4. The van der Waals surface area contributed by atoms with Gasteiger partial charge in [0.05, 0.1) is 11.7 Å². The zero-order valence-electron chi connectivity index (χ0n) is 8.58. The van der Waals surface area contributed by atoms with Crippen molar-refractivity contribution in [2.45, 2.75) is 6.18 Å². The predicted octanol–water partition coefficient (Wildman–Crippen LogP) is 2.08. The summed E-state index contributed by atoms with van der Waals surface area (Å²) in [5.41, 5.74) is -1.85. The van der Waals surface area contributed by atoms with Crippen LogP contribution in [0.2, 0.25) is 0 Å². The maximum Gasteiger partial charge on any atom is 0.433 e. The highest BCUT2D eigenvalue weighted by molar-refractivity contribution is 6.00. The molecule has 0 aliphatic rings. The van der Waals surface area contributed by atoms with Gasteiger partial charge in [-0.1, -0.05) is 0 Å². The predicted molar refractivity (Wildman–Crippen MR) is 54.9 cm³/mol. The molecule has 1 N–H and O–H groups in total. The quantitative estimate of drug-likeness (QED) is 0.667. The van der Waals surface area contributed by atoms with Crippen LogP contribution in [0.5, 0.6) is 0 Å². The van der Waals surface area contributed by atoms with E-state index in [0.29, 0.717) is 0 Å². The van der Waals surface area contributed by atoms with E-state index in [2.05, 4.69) is 15.0 Å². The number of aromatic nitrogens is 3. The van der Waals surface area contributed by atoms with Gasteiger partial charge in [0, 0.05) is 0 Å². The van der Waals surface area contributed by atoms with Gasteiger partial charge in [0.15, 0.2) is 0 Å². The zero-order chi connectivity index (χ0) is 12.9. The molecule has 0 unspecified atom stereocenters. The standard InChI is InChI=1S/C10H4F3N3O2/c11-10(12,13)5-2-1-4-6-7(18-9(4)16-5)8(17)15-3-14-6/h1-3H,(H,14,15,17). The number of H-pyrrole nitrogens is 1. The third kappa shape index (κ3) is 1.45. The van der Waals surface area contributed by atoms with Crippen LogP contribution in [0.4, 0.5) is 13.2 Å². The number of hydrogen-bond donors (Lipinski definition) is 1. The van der Waals surface area contributed by atoms with Crippen LogP contribution >= 0.6 is 0 Å². The van der Waals surface area contributed by atoms with Gasteiger partial charge >= 0.3 is 6.18 Å². The minimum absolute atomic E-state index is 0.140. The van der Waals surface area contributed by atoms with E-state index in [0.717, 1.165) is 12.4 Å². The number of alkyl halides is 3. The fourth-order valence-corrected chi connectivity index (χ4v) is 1.63. The van der Waals surface area contributed by atoms with Gasteiger partial charge in [-0.2, -0.15) is 13.2 Å². The Hall–Kier alpha value is -2.38. The van der Waals surface area contributed by atoms with Crippen LogP contribution in [0, 0.1) is 0 Å². The Morgan fingerprint density at radius 3 is 2.78 bits per heavy atom. The fraction of sp³-hybridized carbons (Fsp3) is 0.100. The molecule has 0 fully saturated rings.